The van der Waals surface area contributed by atoms with Crippen molar-refractivity contribution in [3.63, 3.8) is 0 Å². The van der Waals surface area contributed by atoms with Crippen LogP contribution in [0.4, 0.5) is 4.79 Å². The van der Waals surface area contributed by atoms with E-state index in [0.29, 0.717) is 13.1 Å². The van der Waals surface area contributed by atoms with Gasteiger partial charge in [-0.25, -0.2) is 4.79 Å². The number of unbranched alkanes of at least 4 members (excludes halogenated alkanes) is 1. The molecular weight excluding hydrogens is 396 g/mol. The molecule has 0 radical (unpaired) electrons. The molecule has 3 aliphatic heterocycles. The molecule has 2 atom stereocenters. The maximum Gasteiger partial charge on any atom is 0.411 e. The lowest BCUT2D eigenvalue weighted by atomic mass is 9.89. The lowest BCUT2D eigenvalue weighted by molar-refractivity contribution is -0.139. The number of likely N-dealkylation sites (tertiary alicyclic amines) is 1. The van der Waals surface area contributed by atoms with E-state index in [0.717, 1.165) is 38.4 Å². The molecule has 0 saturated carbocycles. The molecule has 0 aliphatic carbocycles. The van der Waals surface area contributed by atoms with Gasteiger partial charge in [-0.2, -0.15) is 0 Å². The smallest absolute Gasteiger partial charge is 0.411 e. The van der Waals surface area contributed by atoms with Crippen molar-refractivity contribution in [3.05, 3.63) is 0 Å². The molecule has 0 spiro atoms. The van der Waals surface area contributed by atoms with E-state index in [2.05, 4.69) is 37.5 Å². The molecule has 0 aromatic heterocycles. The molecule has 1 N–H and O–H groups in total. The van der Waals surface area contributed by atoms with Crippen LogP contribution in [0.25, 0.3) is 0 Å². The molecule has 0 bridgehead atoms. The van der Waals surface area contributed by atoms with Gasteiger partial charge in [-0.3, -0.25) is 19.5 Å². The highest BCUT2D eigenvalue weighted by Gasteiger charge is 2.42. The van der Waals surface area contributed by atoms with Crippen LogP contribution >= 0.6 is 0 Å². The summed E-state index contributed by atoms with van der Waals surface area (Å²) in [6, 6.07) is 0.0357. The number of piperidine rings is 1. The topological polar surface area (TPSA) is 76.6 Å². The standard InChI is InChI=1S/C23H42N4O4/c1-18-21(25-15-13-24(14-16-25)17-20(28)29)31-22(30)27(18)10-6-5-7-19-8-11-26(12-9-19)23(2,3)4/h18-19,21H,5-17H2,1-4H3,(H,28,29). The Kier molecular flexibility index (Phi) is 8.21. The van der Waals surface area contributed by atoms with Crippen molar-refractivity contribution in [2.75, 3.05) is 52.4 Å². The number of nitrogens with zero attached hydrogens (tertiary/aromatic N) is 4. The quantitative estimate of drug-likeness (QED) is 0.584. The number of carboxylic acids is 1. The molecule has 1 amide bonds. The summed E-state index contributed by atoms with van der Waals surface area (Å²) in [7, 11) is 0. The third kappa shape index (κ3) is 6.56. The van der Waals surface area contributed by atoms with Crippen LogP contribution in [0.1, 0.15) is 59.8 Å². The van der Waals surface area contributed by atoms with Crippen molar-refractivity contribution < 1.29 is 19.4 Å². The van der Waals surface area contributed by atoms with E-state index in [-0.39, 0.29) is 30.4 Å². The molecule has 3 aliphatic rings. The number of hydrogen-bond donors (Lipinski definition) is 1. The number of amides is 1. The maximum atomic E-state index is 12.5. The van der Waals surface area contributed by atoms with Crippen LogP contribution in [-0.4, -0.2) is 107 Å². The van der Waals surface area contributed by atoms with Crippen molar-refractivity contribution >= 4 is 12.1 Å². The van der Waals surface area contributed by atoms with Crippen LogP contribution in [0.2, 0.25) is 0 Å². The second-order valence-electron chi connectivity index (χ2n) is 10.5. The Morgan fingerprint density at radius 3 is 2.29 bits per heavy atom. The molecule has 0 aromatic carbocycles. The van der Waals surface area contributed by atoms with E-state index in [1.54, 1.807) is 0 Å². The molecule has 31 heavy (non-hydrogen) atoms. The Morgan fingerprint density at radius 2 is 1.71 bits per heavy atom. The van der Waals surface area contributed by atoms with Gasteiger partial charge in [-0.05, 0) is 66.0 Å². The molecule has 8 heteroatoms. The normalized spacial score (nSPS) is 27.6. The lowest BCUT2D eigenvalue weighted by Crippen LogP contribution is -2.54. The third-order valence-corrected chi connectivity index (χ3v) is 7.31. The summed E-state index contributed by atoms with van der Waals surface area (Å²) >= 11 is 0. The Bertz CT molecular complexity index is 607. The van der Waals surface area contributed by atoms with Crippen molar-refractivity contribution in [2.24, 2.45) is 5.92 Å². The number of carbonyl (C=O) groups is 2. The van der Waals surface area contributed by atoms with Gasteiger partial charge in [0.2, 0.25) is 0 Å². The molecule has 3 fully saturated rings. The van der Waals surface area contributed by atoms with Crippen molar-refractivity contribution in [2.45, 2.75) is 77.6 Å². The van der Waals surface area contributed by atoms with E-state index in [1.165, 1.54) is 32.4 Å². The Morgan fingerprint density at radius 1 is 1.06 bits per heavy atom. The Balaban J connectivity index is 1.35. The first-order valence-corrected chi connectivity index (χ1v) is 12.1. The fourth-order valence-electron chi connectivity index (χ4n) is 5.24. The SMILES string of the molecule is CC1C(N2CCN(CC(=O)O)CC2)OC(=O)N1CCCCC1CCN(C(C)(C)C)CC1. The molecule has 8 nitrogen and oxygen atoms in total. The molecule has 3 rings (SSSR count). The average molecular weight is 439 g/mol. The van der Waals surface area contributed by atoms with E-state index < -0.39 is 5.97 Å². The van der Waals surface area contributed by atoms with Gasteiger partial charge in [0.15, 0.2) is 6.23 Å². The highest BCUT2D eigenvalue weighted by Crippen LogP contribution is 2.28. The molecular formula is C23H42N4O4. The minimum atomic E-state index is -0.792. The zero-order valence-corrected chi connectivity index (χ0v) is 19.9. The zero-order chi connectivity index (χ0) is 22.6. The maximum absolute atomic E-state index is 12.5. The van der Waals surface area contributed by atoms with Crippen molar-refractivity contribution in [1.82, 2.24) is 19.6 Å². The fraction of sp³-hybridized carbons (Fsp3) is 0.913. The van der Waals surface area contributed by atoms with Gasteiger partial charge in [-0.15, -0.1) is 0 Å². The van der Waals surface area contributed by atoms with Crippen LogP contribution in [-0.2, 0) is 9.53 Å². The average Bonchev–Trinajstić information content (AvgIpc) is 2.99. The van der Waals surface area contributed by atoms with E-state index in [9.17, 15) is 9.59 Å². The highest BCUT2D eigenvalue weighted by molar-refractivity contribution is 5.70. The van der Waals surface area contributed by atoms with Crippen LogP contribution in [0.15, 0.2) is 0 Å². The fourth-order valence-corrected chi connectivity index (χ4v) is 5.24. The number of ether oxygens (including phenoxy) is 1. The van der Waals surface area contributed by atoms with Gasteiger partial charge < -0.3 is 14.7 Å². The van der Waals surface area contributed by atoms with Crippen LogP contribution in [0, 0.1) is 5.92 Å². The zero-order valence-electron chi connectivity index (χ0n) is 19.9. The second kappa shape index (κ2) is 10.5. The first kappa shape index (κ1) is 24.3. The number of carboxylic acid groups (broad SMARTS) is 1. The monoisotopic (exact) mass is 438 g/mol. The largest absolute Gasteiger partial charge is 0.480 e. The highest BCUT2D eigenvalue weighted by atomic mass is 16.6. The Hall–Kier alpha value is -1.38. The number of hydrogen-bond acceptors (Lipinski definition) is 6. The predicted molar refractivity (Wildman–Crippen MR) is 120 cm³/mol. The number of aliphatic carboxylic acids is 1. The number of piperazine rings is 1. The minimum Gasteiger partial charge on any atom is -0.480 e. The van der Waals surface area contributed by atoms with Crippen molar-refractivity contribution in [3.8, 4) is 0 Å². The van der Waals surface area contributed by atoms with E-state index in [1.807, 2.05) is 9.80 Å². The molecule has 2 unspecified atom stereocenters. The number of rotatable bonds is 8. The van der Waals surface area contributed by atoms with Gasteiger partial charge in [0, 0.05) is 38.3 Å². The number of cyclic esters (lactones) is 1. The van der Waals surface area contributed by atoms with Crippen molar-refractivity contribution in [1.29, 1.82) is 0 Å². The van der Waals surface area contributed by atoms with Gasteiger partial charge >= 0.3 is 12.1 Å². The third-order valence-electron chi connectivity index (χ3n) is 7.31. The number of carbonyl (C=O) groups excluding carboxylic acids is 1. The second-order valence-corrected chi connectivity index (χ2v) is 10.5. The van der Waals surface area contributed by atoms with Gasteiger partial charge in [0.05, 0.1) is 12.6 Å². The van der Waals surface area contributed by atoms with Crippen LogP contribution in [0.3, 0.4) is 0 Å². The van der Waals surface area contributed by atoms with Gasteiger partial charge in [0.1, 0.15) is 0 Å². The molecule has 0 aromatic rings. The molecule has 3 saturated heterocycles. The summed E-state index contributed by atoms with van der Waals surface area (Å²) in [5.74, 6) is 0.0245. The predicted octanol–water partition coefficient (Wildman–Crippen LogP) is 2.54. The molecule has 3 heterocycles. The minimum absolute atomic E-state index is 0.0357. The van der Waals surface area contributed by atoms with Gasteiger partial charge in [-0.1, -0.05) is 12.8 Å². The molecule has 178 valence electrons. The summed E-state index contributed by atoms with van der Waals surface area (Å²) in [6.07, 6.45) is 5.59. The first-order chi connectivity index (χ1) is 14.6. The summed E-state index contributed by atoms with van der Waals surface area (Å²) < 4.78 is 5.71. The summed E-state index contributed by atoms with van der Waals surface area (Å²) in [4.78, 5) is 31.9. The van der Waals surface area contributed by atoms with E-state index >= 15 is 0 Å². The first-order valence-electron chi connectivity index (χ1n) is 12.1. The van der Waals surface area contributed by atoms with Crippen LogP contribution in [0.5, 0.6) is 0 Å². The Labute approximate surface area is 187 Å². The lowest BCUT2D eigenvalue weighted by Gasteiger charge is -2.41. The summed E-state index contributed by atoms with van der Waals surface area (Å²) in [6.45, 7) is 15.1. The van der Waals surface area contributed by atoms with E-state index in [4.69, 9.17) is 9.84 Å². The summed E-state index contributed by atoms with van der Waals surface area (Å²) in [5, 5.41) is 8.95. The van der Waals surface area contributed by atoms with Gasteiger partial charge in [0.25, 0.3) is 0 Å². The van der Waals surface area contributed by atoms with Crippen LogP contribution < -0.4 is 0 Å². The summed E-state index contributed by atoms with van der Waals surface area (Å²) in [5.41, 5.74) is 0.274.